The van der Waals surface area contributed by atoms with Crippen molar-refractivity contribution in [2.75, 3.05) is 18.5 Å². The van der Waals surface area contributed by atoms with Gasteiger partial charge in [0.05, 0.1) is 22.8 Å². The van der Waals surface area contributed by atoms with Gasteiger partial charge in [-0.05, 0) is 18.4 Å². The average molecular weight is 365 g/mol. The molecule has 0 radical (unpaired) electrons. The van der Waals surface area contributed by atoms with E-state index in [1.165, 1.54) is 0 Å². The Balaban J connectivity index is 1.62. The molecule has 1 aliphatic heterocycles. The summed E-state index contributed by atoms with van der Waals surface area (Å²) in [6, 6.07) is 10.1. The molecule has 1 aromatic carbocycles. The number of carbonyl (C=O) groups is 1. The first kappa shape index (κ1) is 17.5. The van der Waals surface area contributed by atoms with Crippen LogP contribution in [0.3, 0.4) is 0 Å². The standard InChI is InChI=1S/C20H23N5O2/c1-25-19-16(13-23-25)18(24-15-7-9-27-10-8-15)17(12-21-19)20(26)22-11-14-5-3-2-4-6-14/h2-6,12-13,15H,7-11H2,1H3,(H,21,24)(H,22,26). The first-order chi connectivity index (χ1) is 13.2. The van der Waals surface area contributed by atoms with Gasteiger partial charge in [0.25, 0.3) is 5.91 Å². The van der Waals surface area contributed by atoms with Crippen molar-refractivity contribution in [3.05, 3.63) is 53.9 Å². The molecular weight excluding hydrogens is 342 g/mol. The monoisotopic (exact) mass is 365 g/mol. The first-order valence-corrected chi connectivity index (χ1v) is 9.19. The van der Waals surface area contributed by atoms with E-state index < -0.39 is 0 Å². The lowest BCUT2D eigenvalue weighted by molar-refractivity contribution is 0.0904. The van der Waals surface area contributed by atoms with Crippen LogP contribution in [0, 0.1) is 0 Å². The van der Waals surface area contributed by atoms with Crippen molar-refractivity contribution in [3.8, 4) is 0 Å². The van der Waals surface area contributed by atoms with Crippen molar-refractivity contribution in [1.29, 1.82) is 0 Å². The second kappa shape index (κ2) is 7.75. The number of hydrogen-bond acceptors (Lipinski definition) is 5. The maximum Gasteiger partial charge on any atom is 0.255 e. The quantitative estimate of drug-likeness (QED) is 0.726. The molecule has 1 amide bonds. The Kier molecular flexibility index (Phi) is 5.02. The molecule has 0 aliphatic carbocycles. The van der Waals surface area contributed by atoms with E-state index in [4.69, 9.17) is 4.74 Å². The van der Waals surface area contributed by atoms with E-state index in [1.54, 1.807) is 17.1 Å². The third-order valence-corrected chi connectivity index (χ3v) is 4.87. The molecule has 7 heteroatoms. The van der Waals surface area contributed by atoms with Gasteiger partial charge in [-0.15, -0.1) is 0 Å². The molecule has 3 heterocycles. The lowest BCUT2D eigenvalue weighted by Gasteiger charge is -2.25. The van der Waals surface area contributed by atoms with E-state index in [9.17, 15) is 4.79 Å². The highest BCUT2D eigenvalue weighted by Crippen LogP contribution is 2.28. The van der Waals surface area contributed by atoms with Gasteiger partial charge in [0.2, 0.25) is 0 Å². The predicted molar refractivity (Wildman–Crippen MR) is 104 cm³/mol. The maximum absolute atomic E-state index is 12.9. The van der Waals surface area contributed by atoms with Crippen LogP contribution in [0.4, 0.5) is 5.69 Å². The Hall–Kier alpha value is -2.93. The number of anilines is 1. The largest absolute Gasteiger partial charge is 0.381 e. The number of hydrogen-bond donors (Lipinski definition) is 2. The summed E-state index contributed by atoms with van der Waals surface area (Å²) in [4.78, 5) is 17.3. The Bertz CT molecular complexity index is 932. The van der Waals surface area contributed by atoms with Crippen LogP contribution in [0.25, 0.3) is 11.0 Å². The molecule has 140 valence electrons. The van der Waals surface area contributed by atoms with E-state index in [0.717, 1.165) is 48.3 Å². The summed E-state index contributed by atoms with van der Waals surface area (Å²) in [5, 5.41) is 11.7. The molecule has 0 spiro atoms. The van der Waals surface area contributed by atoms with Crippen molar-refractivity contribution in [2.24, 2.45) is 7.05 Å². The van der Waals surface area contributed by atoms with Crippen LogP contribution in [0.2, 0.25) is 0 Å². The molecule has 2 N–H and O–H groups in total. The summed E-state index contributed by atoms with van der Waals surface area (Å²) in [5.74, 6) is -0.147. The topological polar surface area (TPSA) is 81.1 Å². The smallest absolute Gasteiger partial charge is 0.255 e. The molecule has 1 fully saturated rings. The van der Waals surface area contributed by atoms with Crippen LogP contribution in [0.15, 0.2) is 42.7 Å². The van der Waals surface area contributed by atoms with E-state index in [0.29, 0.717) is 12.1 Å². The van der Waals surface area contributed by atoms with Gasteiger partial charge in [-0.25, -0.2) is 4.98 Å². The molecule has 0 unspecified atom stereocenters. The van der Waals surface area contributed by atoms with Gasteiger partial charge < -0.3 is 15.4 Å². The minimum atomic E-state index is -0.147. The molecule has 7 nitrogen and oxygen atoms in total. The molecule has 0 atom stereocenters. The van der Waals surface area contributed by atoms with Crippen LogP contribution in [0.1, 0.15) is 28.8 Å². The zero-order valence-electron chi connectivity index (χ0n) is 15.3. The Morgan fingerprint density at radius 3 is 2.78 bits per heavy atom. The van der Waals surface area contributed by atoms with E-state index in [2.05, 4.69) is 20.7 Å². The summed E-state index contributed by atoms with van der Waals surface area (Å²) >= 11 is 0. The molecule has 2 aromatic heterocycles. The normalized spacial score (nSPS) is 15.0. The molecule has 3 aromatic rings. The number of benzene rings is 1. The highest BCUT2D eigenvalue weighted by atomic mass is 16.5. The number of aryl methyl sites for hydroxylation is 1. The minimum absolute atomic E-state index is 0.147. The lowest BCUT2D eigenvalue weighted by Crippen LogP contribution is -2.30. The highest BCUT2D eigenvalue weighted by Gasteiger charge is 2.21. The molecule has 1 saturated heterocycles. The van der Waals surface area contributed by atoms with Crippen molar-refractivity contribution < 1.29 is 9.53 Å². The van der Waals surface area contributed by atoms with Crippen LogP contribution in [-0.4, -0.2) is 39.9 Å². The number of carbonyl (C=O) groups excluding carboxylic acids is 1. The number of aromatic nitrogens is 3. The van der Waals surface area contributed by atoms with Crippen LogP contribution < -0.4 is 10.6 Å². The number of nitrogens with zero attached hydrogens (tertiary/aromatic N) is 3. The number of pyridine rings is 1. The van der Waals surface area contributed by atoms with Gasteiger partial charge >= 0.3 is 0 Å². The number of fused-ring (bicyclic) bond motifs is 1. The molecule has 0 bridgehead atoms. The Morgan fingerprint density at radius 1 is 1.22 bits per heavy atom. The summed E-state index contributed by atoms with van der Waals surface area (Å²) in [5.41, 5.74) is 3.15. The Labute approximate surface area is 157 Å². The van der Waals surface area contributed by atoms with Crippen molar-refractivity contribution in [3.63, 3.8) is 0 Å². The van der Waals surface area contributed by atoms with Gasteiger partial charge in [-0.1, -0.05) is 30.3 Å². The molecule has 4 rings (SSSR count). The molecule has 0 saturated carbocycles. The minimum Gasteiger partial charge on any atom is -0.381 e. The third-order valence-electron chi connectivity index (χ3n) is 4.87. The zero-order chi connectivity index (χ0) is 18.6. The average Bonchev–Trinajstić information content (AvgIpc) is 3.09. The number of nitrogens with one attached hydrogen (secondary N) is 2. The van der Waals surface area contributed by atoms with Gasteiger partial charge in [-0.3, -0.25) is 9.48 Å². The summed E-state index contributed by atoms with van der Waals surface area (Å²) in [6.45, 7) is 1.93. The third kappa shape index (κ3) is 3.78. The summed E-state index contributed by atoms with van der Waals surface area (Å²) < 4.78 is 7.16. The fraction of sp³-hybridized carbons (Fsp3) is 0.350. The summed E-state index contributed by atoms with van der Waals surface area (Å²) in [6.07, 6.45) is 5.22. The highest BCUT2D eigenvalue weighted by molar-refractivity contribution is 6.06. The molecular formula is C20H23N5O2. The maximum atomic E-state index is 12.9. The Morgan fingerprint density at radius 2 is 2.00 bits per heavy atom. The van der Waals surface area contributed by atoms with Crippen LogP contribution in [0.5, 0.6) is 0 Å². The molecule has 27 heavy (non-hydrogen) atoms. The van der Waals surface area contributed by atoms with E-state index in [-0.39, 0.29) is 11.9 Å². The predicted octanol–water partition coefficient (Wildman–Crippen LogP) is 2.49. The number of ether oxygens (including phenoxy) is 1. The number of rotatable bonds is 5. The van der Waals surface area contributed by atoms with Crippen LogP contribution in [-0.2, 0) is 18.3 Å². The summed E-state index contributed by atoms with van der Waals surface area (Å²) in [7, 11) is 1.85. The fourth-order valence-electron chi connectivity index (χ4n) is 3.34. The first-order valence-electron chi connectivity index (χ1n) is 9.19. The van der Waals surface area contributed by atoms with Gasteiger partial charge in [0.1, 0.15) is 0 Å². The van der Waals surface area contributed by atoms with Gasteiger partial charge in [-0.2, -0.15) is 5.10 Å². The number of amides is 1. The lowest BCUT2D eigenvalue weighted by atomic mass is 10.1. The van der Waals surface area contributed by atoms with Gasteiger partial charge in [0.15, 0.2) is 5.65 Å². The zero-order valence-corrected chi connectivity index (χ0v) is 15.3. The molecule has 1 aliphatic rings. The SMILES string of the molecule is Cn1ncc2c(NC3CCOCC3)c(C(=O)NCc3ccccc3)cnc21. The van der Waals surface area contributed by atoms with Crippen molar-refractivity contribution in [1.82, 2.24) is 20.1 Å². The van der Waals surface area contributed by atoms with Crippen molar-refractivity contribution >= 4 is 22.6 Å². The van der Waals surface area contributed by atoms with E-state index >= 15 is 0 Å². The second-order valence-electron chi connectivity index (χ2n) is 6.75. The fourth-order valence-corrected chi connectivity index (χ4v) is 3.34. The van der Waals surface area contributed by atoms with Crippen molar-refractivity contribution in [2.45, 2.75) is 25.4 Å². The van der Waals surface area contributed by atoms with E-state index in [1.807, 2.05) is 37.4 Å². The second-order valence-corrected chi connectivity index (χ2v) is 6.75. The van der Waals surface area contributed by atoms with Gasteiger partial charge in [0, 0.05) is 39.0 Å². The van der Waals surface area contributed by atoms with Crippen LogP contribution >= 0.6 is 0 Å².